The Bertz CT molecular complexity index is 285. The standard InChI is InChI=1S/C16H29NO/c1-3-17-15(16(18-2)8-4-5-9-16)14-11-12-6-7-13(14)10-12/h12-15,17H,3-11H2,1-2H3. The average molecular weight is 251 g/mol. The molecule has 2 bridgehead atoms. The SMILES string of the molecule is CCNC(C1CC2CCC1C2)C1(OC)CCCC1. The summed E-state index contributed by atoms with van der Waals surface area (Å²) in [5.74, 6) is 2.92. The van der Waals surface area contributed by atoms with E-state index in [0.717, 1.165) is 24.3 Å². The van der Waals surface area contributed by atoms with Gasteiger partial charge in [0.25, 0.3) is 0 Å². The van der Waals surface area contributed by atoms with Gasteiger partial charge < -0.3 is 10.1 Å². The third-order valence-corrected chi connectivity index (χ3v) is 6.07. The summed E-state index contributed by atoms with van der Waals surface area (Å²) < 4.78 is 6.07. The molecule has 2 nitrogen and oxygen atoms in total. The minimum Gasteiger partial charge on any atom is -0.377 e. The van der Waals surface area contributed by atoms with E-state index in [9.17, 15) is 0 Å². The van der Waals surface area contributed by atoms with Crippen LogP contribution in [0.2, 0.25) is 0 Å². The Labute approximate surface area is 112 Å². The van der Waals surface area contributed by atoms with E-state index in [-0.39, 0.29) is 5.60 Å². The van der Waals surface area contributed by atoms with Crippen molar-refractivity contribution in [3.8, 4) is 0 Å². The molecular formula is C16H29NO. The molecule has 4 unspecified atom stereocenters. The maximum atomic E-state index is 6.07. The number of hydrogen-bond donors (Lipinski definition) is 1. The van der Waals surface area contributed by atoms with Gasteiger partial charge in [-0.15, -0.1) is 0 Å². The predicted molar refractivity (Wildman–Crippen MR) is 74.6 cm³/mol. The van der Waals surface area contributed by atoms with Crippen LogP contribution in [0.15, 0.2) is 0 Å². The monoisotopic (exact) mass is 251 g/mol. The lowest BCUT2D eigenvalue weighted by atomic mass is 9.75. The fraction of sp³-hybridized carbons (Fsp3) is 1.00. The highest BCUT2D eigenvalue weighted by Gasteiger charge is 2.51. The summed E-state index contributed by atoms with van der Waals surface area (Å²) in [6.07, 6.45) is 11.2. The third kappa shape index (κ3) is 2.02. The molecule has 0 amide bonds. The number of likely N-dealkylation sites (N-methyl/N-ethyl adjacent to an activating group) is 1. The molecule has 0 aromatic heterocycles. The van der Waals surface area contributed by atoms with E-state index in [1.165, 1.54) is 51.4 Å². The van der Waals surface area contributed by atoms with Crippen LogP contribution in [0.3, 0.4) is 0 Å². The van der Waals surface area contributed by atoms with Crippen molar-refractivity contribution in [3.63, 3.8) is 0 Å². The van der Waals surface area contributed by atoms with Crippen LogP contribution in [0.4, 0.5) is 0 Å². The molecule has 3 aliphatic rings. The van der Waals surface area contributed by atoms with E-state index in [0.29, 0.717) is 6.04 Å². The first-order chi connectivity index (χ1) is 8.79. The number of rotatable bonds is 5. The summed E-state index contributed by atoms with van der Waals surface area (Å²) in [7, 11) is 1.95. The lowest BCUT2D eigenvalue weighted by Crippen LogP contribution is -2.55. The molecule has 2 heteroatoms. The highest BCUT2D eigenvalue weighted by molar-refractivity contribution is 5.05. The Morgan fingerprint density at radius 3 is 2.50 bits per heavy atom. The Kier molecular flexibility index (Phi) is 3.68. The van der Waals surface area contributed by atoms with Gasteiger partial charge >= 0.3 is 0 Å². The summed E-state index contributed by atoms with van der Waals surface area (Å²) in [5.41, 5.74) is 0.158. The zero-order valence-corrected chi connectivity index (χ0v) is 12.1. The molecule has 0 heterocycles. The van der Waals surface area contributed by atoms with E-state index in [2.05, 4.69) is 12.2 Å². The zero-order valence-electron chi connectivity index (χ0n) is 12.1. The van der Waals surface area contributed by atoms with Crippen LogP contribution >= 0.6 is 0 Å². The molecule has 4 atom stereocenters. The Morgan fingerprint density at radius 2 is 2.00 bits per heavy atom. The smallest absolute Gasteiger partial charge is 0.0833 e. The van der Waals surface area contributed by atoms with Crippen molar-refractivity contribution in [2.45, 2.75) is 69.9 Å². The molecule has 3 saturated carbocycles. The Balaban J connectivity index is 1.78. The van der Waals surface area contributed by atoms with E-state index in [4.69, 9.17) is 4.74 Å². The van der Waals surface area contributed by atoms with E-state index in [1.807, 2.05) is 7.11 Å². The Morgan fingerprint density at radius 1 is 1.22 bits per heavy atom. The largest absolute Gasteiger partial charge is 0.377 e. The van der Waals surface area contributed by atoms with Gasteiger partial charge in [-0.2, -0.15) is 0 Å². The summed E-state index contributed by atoms with van der Waals surface area (Å²) in [4.78, 5) is 0. The lowest BCUT2D eigenvalue weighted by molar-refractivity contribution is -0.0585. The lowest BCUT2D eigenvalue weighted by Gasteiger charge is -2.43. The molecule has 18 heavy (non-hydrogen) atoms. The fourth-order valence-electron chi connectivity index (χ4n) is 5.27. The molecule has 0 aromatic rings. The van der Waals surface area contributed by atoms with Crippen LogP contribution in [-0.2, 0) is 4.74 Å². The van der Waals surface area contributed by atoms with E-state index >= 15 is 0 Å². The van der Waals surface area contributed by atoms with Gasteiger partial charge in [-0.05, 0) is 56.4 Å². The average Bonchev–Trinajstić information content (AvgIpc) is 3.11. The van der Waals surface area contributed by atoms with Gasteiger partial charge in [-0.3, -0.25) is 0 Å². The van der Waals surface area contributed by atoms with Gasteiger partial charge in [-0.25, -0.2) is 0 Å². The minimum atomic E-state index is 0.158. The second-order valence-corrected chi connectivity index (χ2v) is 6.85. The molecule has 3 rings (SSSR count). The number of nitrogens with one attached hydrogen (secondary N) is 1. The number of methoxy groups -OCH3 is 1. The molecule has 3 fully saturated rings. The van der Waals surface area contributed by atoms with Crippen LogP contribution in [-0.4, -0.2) is 25.3 Å². The fourth-order valence-corrected chi connectivity index (χ4v) is 5.27. The number of ether oxygens (including phenoxy) is 1. The second kappa shape index (κ2) is 5.13. The zero-order chi connectivity index (χ0) is 12.6. The molecule has 0 spiro atoms. The summed E-state index contributed by atoms with van der Waals surface area (Å²) in [6.45, 7) is 3.34. The van der Waals surface area contributed by atoms with Crippen LogP contribution in [0.5, 0.6) is 0 Å². The maximum Gasteiger partial charge on any atom is 0.0833 e. The molecule has 104 valence electrons. The minimum absolute atomic E-state index is 0.158. The first-order valence-electron chi connectivity index (χ1n) is 8.07. The molecular weight excluding hydrogens is 222 g/mol. The first-order valence-corrected chi connectivity index (χ1v) is 8.07. The van der Waals surface area contributed by atoms with Crippen molar-refractivity contribution in [3.05, 3.63) is 0 Å². The van der Waals surface area contributed by atoms with Crippen molar-refractivity contribution in [2.75, 3.05) is 13.7 Å². The molecule has 3 aliphatic carbocycles. The second-order valence-electron chi connectivity index (χ2n) is 6.85. The van der Waals surface area contributed by atoms with Gasteiger partial charge in [0.05, 0.1) is 5.60 Å². The molecule has 0 aliphatic heterocycles. The molecule has 0 radical (unpaired) electrons. The summed E-state index contributed by atoms with van der Waals surface area (Å²) in [5, 5.41) is 3.82. The van der Waals surface area contributed by atoms with Crippen molar-refractivity contribution in [1.82, 2.24) is 5.32 Å². The van der Waals surface area contributed by atoms with Gasteiger partial charge in [0.1, 0.15) is 0 Å². The highest BCUT2D eigenvalue weighted by atomic mass is 16.5. The van der Waals surface area contributed by atoms with Gasteiger partial charge in [0.2, 0.25) is 0 Å². The van der Waals surface area contributed by atoms with Crippen LogP contribution in [0.25, 0.3) is 0 Å². The predicted octanol–water partition coefficient (Wildman–Crippen LogP) is 3.36. The maximum absolute atomic E-state index is 6.07. The van der Waals surface area contributed by atoms with Crippen molar-refractivity contribution in [1.29, 1.82) is 0 Å². The topological polar surface area (TPSA) is 21.3 Å². The van der Waals surface area contributed by atoms with Crippen molar-refractivity contribution < 1.29 is 4.74 Å². The third-order valence-electron chi connectivity index (χ3n) is 6.07. The van der Waals surface area contributed by atoms with Crippen LogP contribution in [0, 0.1) is 17.8 Å². The van der Waals surface area contributed by atoms with Crippen molar-refractivity contribution in [2.24, 2.45) is 17.8 Å². The molecule has 0 saturated heterocycles. The normalized spacial score (nSPS) is 39.3. The molecule has 1 N–H and O–H groups in total. The quantitative estimate of drug-likeness (QED) is 0.809. The molecule has 0 aromatic carbocycles. The number of hydrogen-bond acceptors (Lipinski definition) is 2. The van der Waals surface area contributed by atoms with Gasteiger partial charge in [0, 0.05) is 13.2 Å². The highest BCUT2D eigenvalue weighted by Crippen LogP contribution is 2.53. The summed E-state index contributed by atoms with van der Waals surface area (Å²) >= 11 is 0. The Hall–Kier alpha value is -0.0800. The van der Waals surface area contributed by atoms with Gasteiger partial charge in [-0.1, -0.05) is 26.2 Å². The summed E-state index contributed by atoms with van der Waals surface area (Å²) in [6, 6.07) is 0.616. The van der Waals surface area contributed by atoms with Crippen LogP contribution in [0.1, 0.15) is 58.3 Å². The van der Waals surface area contributed by atoms with Gasteiger partial charge in [0.15, 0.2) is 0 Å². The van der Waals surface area contributed by atoms with E-state index in [1.54, 1.807) is 0 Å². The van der Waals surface area contributed by atoms with E-state index < -0.39 is 0 Å². The van der Waals surface area contributed by atoms with Crippen LogP contribution < -0.4 is 5.32 Å². The van der Waals surface area contributed by atoms with Crippen molar-refractivity contribution >= 4 is 0 Å². The first kappa shape index (κ1) is 12.9. The number of fused-ring (bicyclic) bond motifs is 2.